The lowest BCUT2D eigenvalue weighted by Crippen LogP contribution is -2.14. The molecule has 0 bridgehead atoms. The monoisotopic (exact) mass is 366 g/mol. The summed E-state index contributed by atoms with van der Waals surface area (Å²) < 4.78 is 18.0. The summed E-state index contributed by atoms with van der Waals surface area (Å²) in [5.41, 5.74) is 1.99. The molecule has 3 aromatic rings. The molecule has 6 nitrogen and oxygen atoms in total. The maximum Gasteiger partial charge on any atom is 0.258 e. The largest absolute Gasteiger partial charge is 0.497 e. The average molecular weight is 366 g/mol. The van der Waals surface area contributed by atoms with Gasteiger partial charge >= 0.3 is 0 Å². The van der Waals surface area contributed by atoms with Crippen molar-refractivity contribution in [2.45, 2.75) is 6.42 Å². The van der Waals surface area contributed by atoms with E-state index >= 15 is 0 Å². The van der Waals surface area contributed by atoms with E-state index in [9.17, 15) is 9.18 Å². The topological polar surface area (TPSA) is 76.1 Å². The van der Waals surface area contributed by atoms with Crippen LogP contribution in [0.1, 0.15) is 15.9 Å². The molecule has 0 aliphatic carbocycles. The highest BCUT2D eigenvalue weighted by Crippen LogP contribution is 2.17. The fourth-order valence-electron chi connectivity index (χ4n) is 2.41. The van der Waals surface area contributed by atoms with Crippen molar-refractivity contribution in [2.24, 2.45) is 0 Å². The molecule has 1 heterocycles. The first kappa shape index (κ1) is 18.3. The van der Waals surface area contributed by atoms with E-state index in [0.29, 0.717) is 35.9 Å². The number of hydrogen-bond donors (Lipinski definition) is 2. The molecule has 138 valence electrons. The van der Waals surface area contributed by atoms with Gasteiger partial charge in [0.25, 0.3) is 5.91 Å². The zero-order valence-electron chi connectivity index (χ0n) is 14.8. The van der Waals surface area contributed by atoms with Gasteiger partial charge < -0.3 is 15.4 Å². The Morgan fingerprint density at radius 2 is 1.85 bits per heavy atom. The molecule has 2 aromatic carbocycles. The van der Waals surface area contributed by atoms with Gasteiger partial charge in [-0.3, -0.25) is 4.79 Å². The Morgan fingerprint density at radius 1 is 1.11 bits per heavy atom. The van der Waals surface area contributed by atoms with Crippen LogP contribution in [0.2, 0.25) is 0 Å². The molecule has 0 radical (unpaired) electrons. The Balaban J connectivity index is 1.53. The zero-order valence-corrected chi connectivity index (χ0v) is 14.8. The molecular formula is C20H19FN4O2. The second-order valence-corrected chi connectivity index (χ2v) is 5.78. The first-order valence-electron chi connectivity index (χ1n) is 8.40. The van der Waals surface area contributed by atoms with E-state index in [1.807, 2.05) is 0 Å². The number of nitrogens with zero attached hydrogens (tertiary/aromatic N) is 2. The van der Waals surface area contributed by atoms with Crippen LogP contribution in [-0.2, 0) is 6.42 Å². The Labute approximate surface area is 156 Å². The molecule has 1 amide bonds. The number of halogens is 1. The standard InChI is InChI=1S/C20H19FN4O2/c1-27-18-4-2-3-17(11-18)25-19(26)15-12-23-20(24-13-15)22-10-9-14-5-7-16(21)8-6-14/h2-8,11-13H,9-10H2,1H3,(H,25,26)(H,22,23,24). The summed E-state index contributed by atoms with van der Waals surface area (Å²) in [6.45, 7) is 0.598. The molecule has 3 rings (SSSR count). The molecule has 0 unspecified atom stereocenters. The fraction of sp³-hybridized carbons (Fsp3) is 0.150. The number of ether oxygens (including phenoxy) is 1. The predicted octanol–water partition coefficient (Wildman–Crippen LogP) is 3.53. The third-order valence-corrected chi connectivity index (χ3v) is 3.85. The van der Waals surface area contributed by atoms with E-state index in [0.717, 1.165) is 5.56 Å². The van der Waals surface area contributed by atoms with Crippen molar-refractivity contribution in [1.82, 2.24) is 9.97 Å². The second-order valence-electron chi connectivity index (χ2n) is 5.78. The van der Waals surface area contributed by atoms with Gasteiger partial charge in [-0.2, -0.15) is 0 Å². The third-order valence-electron chi connectivity index (χ3n) is 3.85. The number of anilines is 2. The van der Waals surface area contributed by atoms with Gasteiger partial charge in [-0.1, -0.05) is 18.2 Å². The first-order chi connectivity index (χ1) is 13.1. The molecule has 1 aromatic heterocycles. The van der Waals surface area contributed by atoms with Gasteiger partial charge in [0.05, 0.1) is 12.7 Å². The molecule has 27 heavy (non-hydrogen) atoms. The van der Waals surface area contributed by atoms with Gasteiger partial charge in [-0.15, -0.1) is 0 Å². The molecule has 0 saturated heterocycles. The quantitative estimate of drug-likeness (QED) is 0.669. The van der Waals surface area contributed by atoms with Crippen molar-refractivity contribution < 1.29 is 13.9 Å². The highest BCUT2D eigenvalue weighted by molar-refractivity contribution is 6.03. The van der Waals surface area contributed by atoms with E-state index in [-0.39, 0.29) is 11.7 Å². The van der Waals surface area contributed by atoms with Crippen molar-refractivity contribution in [3.05, 3.63) is 77.9 Å². The van der Waals surface area contributed by atoms with Gasteiger partial charge in [-0.05, 0) is 36.2 Å². The lowest BCUT2D eigenvalue weighted by molar-refractivity contribution is 0.102. The number of carbonyl (C=O) groups excluding carboxylic acids is 1. The van der Waals surface area contributed by atoms with E-state index < -0.39 is 0 Å². The van der Waals surface area contributed by atoms with Gasteiger partial charge in [-0.25, -0.2) is 14.4 Å². The minimum atomic E-state index is -0.305. The minimum absolute atomic E-state index is 0.252. The summed E-state index contributed by atoms with van der Waals surface area (Å²) >= 11 is 0. The molecule has 0 aliphatic rings. The Hall–Kier alpha value is -3.48. The Kier molecular flexibility index (Phi) is 5.94. The van der Waals surface area contributed by atoms with Gasteiger partial charge in [0, 0.05) is 30.7 Å². The molecule has 0 atom stereocenters. The Morgan fingerprint density at radius 3 is 2.56 bits per heavy atom. The number of methoxy groups -OCH3 is 1. The number of amides is 1. The number of benzene rings is 2. The molecule has 0 aliphatic heterocycles. The molecule has 7 heteroatoms. The number of rotatable bonds is 7. The molecular weight excluding hydrogens is 347 g/mol. The SMILES string of the molecule is COc1cccc(NC(=O)c2cnc(NCCc3ccc(F)cc3)nc2)c1. The zero-order chi connectivity index (χ0) is 19.1. The smallest absolute Gasteiger partial charge is 0.258 e. The fourth-order valence-corrected chi connectivity index (χ4v) is 2.41. The summed E-state index contributed by atoms with van der Waals surface area (Å²) in [6.07, 6.45) is 3.63. The van der Waals surface area contributed by atoms with E-state index in [1.165, 1.54) is 24.5 Å². The van der Waals surface area contributed by atoms with Crippen molar-refractivity contribution in [3.63, 3.8) is 0 Å². The summed E-state index contributed by atoms with van der Waals surface area (Å²) in [5.74, 6) is 0.527. The highest BCUT2D eigenvalue weighted by Gasteiger charge is 2.08. The lowest BCUT2D eigenvalue weighted by Gasteiger charge is -2.08. The van der Waals surface area contributed by atoms with Crippen molar-refractivity contribution in [1.29, 1.82) is 0 Å². The van der Waals surface area contributed by atoms with Crippen LogP contribution in [0.5, 0.6) is 5.75 Å². The van der Waals surface area contributed by atoms with Crippen molar-refractivity contribution in [3.8, 4) is 5.75 Å². The van der Waals surface area contributed by atoms with Crippen LogP contribution >= 0.6 is 0 Å². The Bertz CT molecular complexity index is 899. The summed E-state index contributed by atoms with van der Waals surface area (Å²) in [4.78, 5) is 20.6. The van der Waals surface area contributed by atoms with Crippen LogP contribution in [0, 0.1) is 5.82 Å². The molecule has 0 saturated carbocycles. The van der Waals surface area contributed by atoms with Gasteiger partial charge in [0.1, 0.15) is 11.6 Å². The normalized spacial score (nSPS) is 10.3. The maximum atomic E-state index is 12.9. The van der Waals surface area contributed by atoms with E-state index in [2.05, 4.69) is 20.6 Å². The van der Waals surface area contributed by atoms with Crippen LogP contribution in [0.3, 0.4) is 0 Å². The maximum absolute atomic E-state index is 12.9. The highest BCUT2D eigenvalue weighted by atomic mass is 19.1. The number of nitrogens with one attached hydrogen (secondary N) is 2. The first-order valence-corrected chi connectivity index (χ1v) is 8.40. The minimum Gasteiger partial charge on any atom is -0.497 e. The van der Waals surface area contributed by atoms with Crippen LogP contribution in [0.25, 0.3) is 0 Å². The van der Waals surface area contributed by atoms with Crippen LogP contribution in [-0.4, -0.2) is 29.5 Å². The predicted molar refractivity (Wildman–Crippen MR) is 102 cm³/mol. The van der Waals surface area contributed by atoms with E-state index in [4.69, 9.17) is 4.74 Å². The third kappa shape index (κ3) is 5.24. The van der Waals surface area contributed by atoms with Crippen LogP contribution in [0.4, 0.5) is 16.0 Å². The molecule has 2 N–H and O–H groups in total. The molecule has 0 spiro atoms. The summed E-state index contributed by atoms with van der Waals surface area (Å²) in [7, 11) is 1.57. The summed E-state index contributed by atoms with van der Waals surface area (Å²) in [6, 6.07) is 13.4. The van der Waals surface area contributed by atoms with Crippen LogP contribution in [0.15, 0.2) is 60.9 Å². The second kappa shape index (κ2) is 8.75. The molecule has 0 fully saturated rings. The number of carbonyl (C=O) groups is 1. The van der Waals surface area contributed by atoms with Gasteiger partial charge in [0.2, 0.25) is 5.95 Å². The van der Waals surface area contributed by atoms with Crippen molar-refractivity contribution >= 4 is 17.5 Å². The van der Waals surface area contributed by atoms with Crippen molar-refractivity contribution in [2.75, 3.05) is 24.3 Å². The number of hydrogen-bond acceptors (Lipinski definition) is 5. The average Bonchev–Trinajstić information content (AvgIpc) is 2.70. The lowest BCUT2D eigenvalue weighted by atomic mass is 10.1. The van der Waals surface area contributed by atoms with Gasteiger partial charge in [0.15, 0.2) is 0 Å². The van der Waals surface area contributed by atoms with E-state index in [1.54, 1.807) is 43.5 Å². The summed E-state index contributed by atoms with van der Waals surface area (Å²) in [5, 5.41) is 5.85. The van der Waals surface area contributed by atoms with Crippen LogP contribution < -0.4 is 15.4 Å². The number of aromatic nitrogens is 2.